The molecule has 0 bridgehead atoms. The Bertz CT molecular complexity index is 426. The second-order valence-corrected chi connectivity index (χ2v) is 5.75. The Morgan fingerprint density at radius 1 is 0.905 bits per heavy atom. The van der Waals surface area contributed by atoms with E-state index in [-0.39, 0.29) is 11.9 Å². The smallest absolute Gasteiger partial charge is 0.320 e. The van der Waals surface area contributed by atoms with E-state index in [1.807, 2.05) is 0 Å². The third-order valence-electron chi connectivity index (χ3n) is 4.25. The highest BCUT2D eigenvalue weighted by Gasteiger charge is 2.31. The Balaban J connectivity index is 1.93. The standard InChI is InChI=1S/C14H23N3O4/c1-11(18)15-6-3-7-16(9-8-15)14(21)17-5-2-4-12(10-17)13(19)20/h12H,2-10H2,1H3,(H,19,20)/t12-/m0/s1. The van der Waals surface area contributed by atoms with Gasteiger partial charge in [0.25, 0.3) is 0 Å². The molecule has 0 saturated carbocycles. The Morgan fingerprint density at radius 3 is 2.19 bits per heavy atom. The highest BCUT2D eigenvalue weighted by atomic mass is 16.4. The van der Waals surface area contributed by atoms with Crippen LogP contribution >= 0.6 is 0 Å². The van der Waals surface area contributed by atoms with Gasteiger partial charge in [-0.25, -0.2) is 4.79 Å². The van der Waals surface area contributed by atoms with Crippen molar-refractivity contribution in [1.29, 1.82) is 0 Å². The van der Waals surface area contributed by atoms with Gasteiger partial charge in [0, 0.05) is 46.2 Å². The van der Waals surface area contributed by atoms with E-state index in [0.29, 0.717) is 45.7 Å². The van der Waals surface area contributed by atoms with Crippen molar-refractivity contribution in [2.24, 2.45) is 5.92 Å². The van der Waals surface area contributed by atoms with E-state index >= 15 is 0 Å². The number of rotatable bonds is 1. The third kappa shape index (κ3) is 3.86. The number of likely N-dealkylation sites (tertiary alicyclic amines) is 1. The lowest BCUT2D eigenvalue weighted by Gasteiger charge is -2.34. The van der Waals surface area contributed by atoms with E-state index in [4.69, 9.17) is 5.11 Å². The topological polar surface area (TPSA) is 81.2 Å². The van der Waals surface area contributed by atoms with Gasteiger partial charge in [-0.15, -0.1) is 0 Å². The number of piperidine rings is 1. The summed E-state index contributed by atoms with van der Waals surface area (Å²) in [5.74, 6) is -1.25. The highest BCUT2D eigenvalue weighted by molar-refractivity contribution is 5.77. The first-order valence-corrected chi connectivity index (χ1v) is 7.51. The van der Waals surface area contributed by atoms with Crippen LogP contribution in [-0.4, -0.2) is 77.0 Å². The molecule has 0 aromatic carbocycles. The summed E-state index contributed by atoms with van der Waals surface area (Å²) in [6.45, 7) is 4.83. The number of amides is 3. The molecule has 3 amide bonds. The molecule has 0 aliphatic carbocycles. The van der Waals surface area contributed by atoms with Crippen LogP contribution in [0.25, 0.3) is 0 Å². The summed E-state index contributed by atoms with van der Waals surface area (Å²) in [4.78, 5) is 40.1. The zero-order valence-electron chi connectivity index (χ0n) is 12.5. The van der Waals surface area contributed by atoms with Crippen molar-refractivity contribution in [1.82, 2.24) is 14.7 Å². The summed E-state index contributed by atoms with van der Waals surface area (Å²) in [7, 11) is 0. The van der Waals surface area contributed by atoms with Gasteiger partial charge >= 0.3 is 12.0 Å². The minimum absolute atomic E-state index is 0.0354. The van der Waals surface area contributed by atoms with E-state index in [0.717, 1.165) is 12.8 Å². The molecule has 2 heterocycles. The van der Waals surface area contributed by atoms with E-state index < -0.39 is 11.9 Å². The van der Waals surface area contributed by atoms with Crippen molar-refractivity contribution < 1.29 is 19.5 Å². The minimum atomic E-state index is -0.828. The van der Waals surface area contributed by atoms with Gasteiger partial charge in [-0.2, -0.15) is 0 Å². The fraction of sp³-hybridized carbons (Fsp3) is 0.786. The maximum atomic E-state index is 12.5. The predicted molar refractivity (Wildman–Crippen MR) is 75.8 cm³/mol. The number of aliphatic carboxylic acids is 1. The molecular formula is C14H23N3O4. The van der Waals surface area contributed by atoms with Crippen LogP contribution in [0, 0.1) is 5.92 Å². The number of hydrogen-bond donors (Lipinski definition) is 1. The van der Waals surface area contributed by atoms with Crippen molar-refractivity contribution in [3.63, 3.8) is 0 Å². The van der Waals surface area contributed by atoms with Gasteiger partial charge in [-0.1, -0.05) is 0 Å². The Kier molecular flexibility index (Phi) is 5.03. The quantitative estimate of drug-likeness (QED) is 0.762. The number of carbonyl (C=O) groups is 3. The predicted octanol–water partition coefficient (Wildman–Crippen LogP) is 0.457. The van der Waals surface area contributed by atoms with Crippen LogP contribution in [0.15, 0.2) is 0 Å². The summed E-state index contributed by atoms with van der Waals surface area (Å²) in [5, 5.41) is 9.09. The molecule has 1 atom stereocenters. The average molecular weight is 297 g/mol. The van der Waals surface area contributed by atoms with Crippen LogP contribution in [0.5, 0.6) is 0 Å². The van der Waals surface area contributed by atoms with Crippen molar-refractivity contribution in [2.45, 2.75) is 26.2 Å². The van der Waals surface area contributed by atoms with Crippen molar-refractivity contribution >= 4 is 17.9 Å². The largest absolute Gasteiger partial charge is 0.481 e. The van der Waals surface area contributed by atoms with Gasteiger partial charge in [0.1, 0.15) is 0 Å². The number of urea groups is 1. The number of carboxylic acids is 1. The molecule has 2 saturated heterocycles. The zero-order chi connectivity index (χ0) is 15.4. The van der Waals surface area contributed by atoms with Crippen LogP contribution in [0.1, 0.15) is 26.2 Å². The van der Waals surface area contributed by atoms with Crippen molar-refractivity contribution in [3.05, 3.63) is 0 Å². The van der Waals surface area contributed by atoms with Gasteiger partial charge in [0.05, 0.1) is 5.92 Å². The molecule has 21 heavy (non-hydrogen) atoms. The van der Waals surface area contributed by atoms with E-state index in [1.54, 1.807) is 21.6 Å². The van der Waals surface area contributed by atoms with Crippen LogP contribution < -0.4 is 0 Å². The van der Waals surface area contributed by atoms with Crippen molar-refractivity contribution in [3.8, 4) is 0 Å². The molecule has 0 aromatic heterocycles. The molecule has 7 heteroatoms. The summed E-state index contributed by atoms with van der Waals surface area (Å²) >= 11 is 0. The fourth-order valence-electron chi connectivity index (χ4n) is 2.98. The maximum absolute atomic E-state index is 12.5. The second kappa shape index (κ2) is 6.78. The van der Waals surface area contributed by atoms with Crippen LogP contribution in [0.2, 0.25) is 0 Å². The Labute approximate surface area is 124 Å². The number of carboxylic acid groups (broad SMARTS) is 1. The molecule has 0 aromatic rings. The summed E-state index contributed by atoms with van der Waals surface area (Å²) in [5.41, 5.74) is 0. The number of carbonyl (C=O) groups excluding carboxylic acids is 2. The molecule has 2 fully saturated rings. The second-order valence-electron chi connectivity index (χ2n) is 5.75. The molecule has 118 valence electrons. The first kappa shape index (κ1) is 15.6. The van der Waals surface area contributed by atoms with E-state index in [2.05, 4.69) is 0 Å². The van der Waals surface area contributed by atoms with Crippen LogP contribution in [0.4, 0.5) is 4.79 Å². The number of hydrogen-bond acceptors (Lipinski definition) is 3. The monoisotopic (exact) mass is 297 g/mol. The molecule has 0 radical (unpaired) electrons. The van der Waals surface area contributed by atoms with Gasteiger partial charge < -0.3 is 19.8 Å². The molecular weight excluding hydrogens is 274 g/mol. The zero-order valence-corrected chi connectivity index (χ0v) is 12.5. The summed E-state index contributed by atoms with van der Waals surface area (Å²) < 4.78 is 0. The third-order valence-corrected chi connectivity index (χ3v) is 4.25. The van der Waals surface area contributed by atoms with E-state index in [1.165, 1.54) is 0 Å². The maximum Gasteiger partial charge on any atom is 0.320 e. The molecule has 7 nitrogen and oxygen atoms in total. The van der Waals surface area contributed by atoms with Crippen molar-refractivity contribution in [2.75, 3.05) is 39.3 Å². The molecule has 2 aliphatic rings. The molecule has 1 N–H and O–H groups in total. The van der Waals surface area contributed by atoms with Gasteiger partial charge in [-0.3, -0.25) is 9.59 Å². The van der Waals surface area contributed by atoms with Crippen LogP contribution in [0.3, 0.4) is 0 Å². The molecule has 2 rings (SSSR count). The highest BCUT2D eigenvalue weighted by Crippen LogP contribution is 2.18. The Hall–Kier alpha value is -1.79. The first-order chi connectivity index (χ1) is 9.99. The lowest BCUT2D eigenvalue weighted by atomic mass is 9.99. The lowest BCUT2D eigenvalue weighted by molar-refractivity contribution is -0.143. The molecule has 2 aliphatic heterocycles. The minimum Gasteiger partial charge on any atom is -0.481 e. The van der Waals surface area contributed by atoms with Gasteiger partial charge in [0.2, 0.25) is 5.91 Å². The SMILES string of the molecule is CC(=O)N1CCCN(C(=O)N2CCC[C@H](C(=O)O)C2)CC1. The van der Waals surface area contributed by atoms with Gasteiger partial charge in [0.15, 0.2) is 0 Å². The normalized spacial score (nSPS) is 23.7. The fourth-order valence-corrected chi connectivity index (χ4v) is 2.98. The first-order valence-electron chi connectivity index (χ1n) is 7.51. The number of nitrogens with zero attached hydrogens (tertiary/aromatic N) is 3. The molecule has 0 unspecified atom stereocenters. The summed E-state index contributed by atoms with van der Waals surface area (Å²) in [6.07, 6.45) is 2.13. The van der Waals surface area contributed by atoms with Crippen LogP contribution in [-0.2, 0) is 9.59 Å². The summed E-state index contributed by atoms with van der Waals surface area (Å²) in [6, 6.07) is -0.0913. The Morgan fingerprint density at radius 2 is 1.52 bits per heavy atom. The lowest BCUT2D eigenvalue weighted by Crippen LogP contribution is -2.49. The van der Waals surface area contributed by atoms with E-state index in [9.17, 15) is 14.4 Å². The van der Waals surface area contributed by atoms with Gasteiger partial charge in [-0.05, 0) is 19.3 Å². The molecule has 0 spiro atoms. The average Bonchev–Trinajstić information content (AvgIpc) is 2.72.